The molecule has 1 fully saturated rings. The highest BCUT2D eigenvalue weighted by molar-refractivity contribution is 5.48. The summed E-state index contributed by atoms with van der Waals surface area (Å²) in [6.07, 6.45) is 1.99. The van der Waals surface area contributed by atoms with Gasteiger partial charge in [-0.2, -0.15) is 0 Å². The molecule has 0 aliphatic carbocycles. The van der Waals surface area contributed by atoms with E-state index < -0.39 is 0 Å². The third kappa shape index (κ3) is 3.93. The van der Waals surface area contributed by atoms with Gasteiger partial charge in [0.25, 0.3) is 0 Å². The van der Waals surface area contributed by atoms with Gasteiger partial charge in [0.05, 0.1) is 19.3 Å². The van der Waals surface area contributed by atoms with Crippen molar-refractivity contribution >= 4 is 5.82 Å². The molecule has 2 rings (SSSR count). The Hall–Kier alpha value is -1.13. The zero-order valence-corrected chi connectivity index (χ0v) is 13.4. The van der Waals surface area contributed by atoms with Crippen LogP contribution in [0, 0.1) is 6.92 Å². The van der Waals surface area contributed by atoms with Gasteiger partial charge in [-0.25, -0.2) is 4.98 Å². The molecule has 0 aromatic carbocycles. The van der Waals surface area contributed by atoms with Crippen LogP contribution in [-0.2, 0) is 11.3 Å². The molecule has 0 amide bonds. The maximum Gasteiger partial charge on any atom is 0.131 e. The Morgan fingerprint density at radius 1 is 1.45 bits per heavy atom. The molecule has 1 unspecified atom stereocenters. The van der Waals surface area contributed by atoms with E-state index in [0.29, 0.717) is 6.04 Å². The lowest BCUT2D eigenvalue weighted by Crippen LogP contribution is -2.44. The molecule has 4 nitrogen and oxygen atoms in total. The van der Waals surface area contributed by atoms with Crippen LogP contribution in [0.3, 0.4) is 0 Å². The van der Waals surface area contributed by atoms with Gasteiger partial charge >= 0.3 is 0 Å². The second kappa shape index (κ2) is 6.10. The topological polar surface area (TPSA) is 37.4 Å². The van der Waals surface area contributed by atoms with E-state index in [0.717, 1.165) is 32.1 Å². The van der Waals surface area contributed by atoms with Crippen LogP contribution in [0.2, 0.25) is 0 Å². The van der Waals surface area contributed by atoms with E-state index >= 15 is 0 Å². The number of rotatable bonds is 3. The fourth-order valence-electron chi connectivity index (χ4n) is 2.43. The largest absolute Gasteiger partial charge is 0.377 e. The van der Waals surface area contributed by atoms with Crippen molar-refractivity contribution in [2.24, 2.45) is 0 Å². The van der Waals surface area contributed by atoms with Gasteiger partial charge in [0, 0.05) is 24.8 Å². The van der Waals surface area contributed by atoms with E-state index in [9.17, 15) is 0 Å². The molecule has 20 heavy (non-hydrogen) atoms. The van der Waals surface area contributed by atoms with Gasteiger partial charge in [0.2, 0.25) is 0 Å². The Labute approximate surface area is 122 Å². The molecule has 1 atom stereocenters. The van der Waals surface area contributed by atoms with Crippen molar-refractivity contribution in [2.45, 2.75) is 52.7 Å². The Morgan fingerprint density at radius 3 is 2.80 bits per heavy atom. The minimum atomic E-state index is 0.130. The van der Waals surface area contributed by atoms with Crippen molar-refractivity contribution in [1.82, 2.24) is 10.3 Å². The maximum absolute atomic E-state index is 5.49. The quantitative estimate of drug-likeness (QED) is 0.921. The molecule has 2 heterocycles. The zero-order chi connectivity index (χ0) is 14.8. The highest BCUT2D eigenvalue weighted by Crippen LogP contribution is 2.22. The first-order chi connectivity index (χ1) is 9.37. The summed E-state index contributed by atoms with van der Waals surface area (Å²) in [4.78, 5) is 7.03. The summed E-state index contributed by atoms with van der Waals surface area (Å²) in [5.41, 5.74) is 2.61. The molecule has 1 N–H and O–H groups in total. The van der Waals surface area contributed by atoms with Gasteiger partial charge in [-0.15, -0.1) is 0 Å². The van der Waals surface area contributed by atoms with Gasteiger partial charge in [0.1, 0.15) is 5.82 Å². The van der Waals surface area contributed by atoms with Crippen molar-refractivity contribution in [2.75, 3.05) is 24.7 Å². The van der Waals surface area contributed by atoms with Crippen LogP contribution >= 0.6 is 0 Å². The Morgan fingerprint density at radius 2 is 2.20 bits per heavy atom. The summed E-state index contributed by atoms with van der Waals surface area (Å²) < 4.78 is 5.49. The third-order valence-corrected chi connectivity index (χ3v) is 3.57. The van der Waals surface area contributed by atoms with Gasteiger partial charge in [-0.1, -0.05) is 0 Å². The Balaban J connectivity index is 2.09. The van der Waals surface area contributed by atoms with Gasteiger partial charge in [-0.05, 0) is 51.8 Å². The Bertz CT molecular complexity index is 454. The maximum atomic E-state index is 5.49. The number of pyridine rings is 1. The first-order valence-electron chi connectivity index (χ1n) is 7.42. The second-order valence-electron chi connectivity index (χ2n) is 6.70. The number of aromatic nitrogens is 1. The lowest BCUT2D eigenvalue weighted by atomic mass is 10.1. The number of nitrogens with one attached hydrogen (secondary N) is 1. The fraction of sp³-hybridized carbons (Fsp3) is 0.688. The number of nitrogens with zero attached hydrogens (tertiary/aromatic N) is 2. The predicted octanol–water partition coefficient (Wildman–Crippen LogP) is 2.50. The summed E-state index contributed by atoms with van der Waals surface area (Å²) in [6, 6.07) is 2.64. The molecule has 1 aliphatic rings. The predicted molar refractivity (Wildman–Crippen MR) is 83.2 cm³/mol. The highest BCUT2D eigenvalue weighted by Gasteiger charge is 2.21. The summed E-state index contributed by atoms with van der Waals surface area (Å²) >= 11 is 0. The first-order valence-corrected chi connectivity index (χ1v) is 7.42. The van der Waals surface area contributed by atoms with Crippen LogP contribution in [0.1, 0.15) is 38.8 Å². The minimum absolute atomic E-state index is 0.130. The van der Waals surface area contributed by atoms with Crippen molar-refractivity contribution in [3.63, 3.8) is 0 Å². The lowest BCUT2D eigenvalue weighted by molar-refractivity contribution is 0.0984. The van der Waals surface area contributed by atoms with E-state index in [2.05, 4.69) is 55.9 Å². The molecule has 1 saturated heterocycles. The van der Waals surface area contributed by atoms with Gasteiger partial charge in [-0.3, -0.25) is 0 Å². The lowest BCUT2D eigenvalue weighted by Gasteiger charge is -2.35. The molecule has 0 spiro atoms. The molecule has 0 bridgehead atoms. The van der Waals surface area contributed by atoms with Crippen molar-refractivity contribution in [1.29, 1.82) is 0 Å². The standard InChI is InChI=1S/C16H27N3O/c1-12-8-14(10-18-16(3,4)5)9-17-15(12)19-6-7-20-11-13(19)2/h8-9,13,18H,6-7,10-11H2,1-5H3. The average Bonchev–Trinajstić information content (AvgIpc) is 2.37. The SMILES string of the molecule is Cc1cc(CNC(C)(C)C)cnc1N1CCOCC1C. The first kappa shape index (κ1) is 15.3. The second-order valence-corrected chi connectivity index (χ2v) is 6.70. The van der Waals surface area contributed by atoms with E-state index in [-0.39, 0.29) is 5.54 Å². The number of aryl methyl sites for hydroxylation is 1. The summed E-state index contributed by atoms with van der Waals surface area (Å²) in [6.45, 7) is 14.2. The molecule has 0 radical (unpaired) electrons. The van der Waals surface area contributed by atoms with Crippen LogP contribution in [0.25, 0.3) is 0 Å². The molecule has 4 heteroatoms. The van der Waals surface area contributed by atoms with E-state index in [1.165, 1.54) is 11.1 Å². The van der Waals surface area contributed by atoms with Crippen molar-refractivity contribution in [3.05, 3.63) is 23.4 Å². The van der Waals surface area contributed by atoms with Crippen LogP contribution in [0.4, 0.5) is 5.82 Å². The Kier molecular flexibility index (Phi) is 4.66. The van der Waals surface area contributed by atoms with Crippen LogP contribution in [0.5, 0.6) is 0 Å². The van der Waals surface area contributed by atoms with Crippen LogP contribution in [-0.4, -0.2) is 36.3 Å². The monoisotopic (exact) mass is 277 g/mol. The molecular weight excluding hydrogens is 250 g/mol. The molecule has 1 aliphatic heterocycles. The highest BCUT2D eigenvalue weighted by atomic mass is 16.5. The molecule has 0 saturated carbocycles. The number of ether oxygens (including phenoxy) is 1. The number of hydrogen-bond acceptors (Lipinski definition) is 4. The number of morpholine rings is 1. The minimum Gasteiger partial charge on any atom is -0.377 e. The van der Waals surface area contributed by atoms with Crippen molar-refractivity contribution in [3.8, 4) is 0 Å². The molecule has 112 valence electrons. The molecular formula is C16H27N3O. The third-order valence-electron chi connectivity index (χ3n) is 3.57. The number of anilines is 1. The average molecular weight is 277 g/mol. The molecule has 1 aromatic rings. The smallest absolute Gasteiger partial charge is 0.131 e. The number of hydrogen-bond donors (Lipinski definition) is 1. The normalized spacial score (nSPS) is 20.2. The van der Waals surface area contributed by atoms with E-state index in [1.807, 2.05) is 6.20 Å². The fourth-order valence-corrected chi connectivity index (χ4v) is 2.43. The summed E-state index contributed by atoms with van der Waals surface area (Å²) in [5.74, 6) is 1.10. The van der Waals surface area contributed by atoms with Crippen LogP contribution < -0.4 is 10.2 Å². The van der Waals surface area contributed by atoms with Gasteiger partial charge in [0.15, 0.2) is 0 Å². The van der Waals surface area contributed by atoms with Crippen molar-refractivity contribution < 1.29 is 4.74 Å². The summed E-state index contributed by atoms with van der Waals surface area (Å²) in [7, 11) is 0. The van der Waals surface area contributed by atoms with Gasteiger partial charge < -0.3 is 15.0 Å². The molecule has 1 aromatic heterocycles. The van der Waals surface area contributed by atoms with Crippen LogP contribution in [0.15, 0.2) is 12.3 Å². The van der Waals surface area contributed by atoms with E-state index in [4.69, 9.17) is 4.74 Å². The zero-order valence-electron chi connectivity index (χ0n) is 13.4. The van der Waals surface area contributed by atoms with E-state index in [1.54, 1.807) is 0 Å². The summed E-state index contributed by atoms with van der Waals surface area (Å²) in [5, 5.41) is 3.50.